The Balaban J connectivity index is 3.20. The van der Waals surface area contributed by atoms with E-state index in [1.54, 1.807) is 0 Å². The van der Waals surface area contributed by atoms with Crippen molar-refractivity contribution in [3.63, 3.8) is 0 Å². The summed E-state index contributed by atoms with van der Waals surface area (Å²) in [5.74, 6) is 0. The minimum absolute atomic E-state index is 0.579. The van der Waals surface area contributed by atoms with E-state index in [9.17, 15) is 0 Å². The van der Waals surface area contributed by atoms with Gasteiger partial charge in [0.05, 0.1) is 40.2 Å². The molecule has 52 valence electrons. The zero-order valence-corrected chi connectivity index (χ0v) is 6.31. The first-order valence-electron chi connectivity index (χ1n) is 3.00. The van der Waals surface area contributed by atoms with Crippen LogP contribution < -0.4 is 5.43 Å². The molecule has 0 saturated carbocycles. The van der Waals surface area contributed by atoms with Crippen LogP contribution in [0.4, 0.5) is 0 Å². The predicted octanol–water partition coefficient (Wildman–Crippen LogP) is 0.111. The Morgan fingerprint density at radius 3 is 2.33 bits per heavy atom. The maximum atomic E-state index is 8.17. The van der Waals surface area contributed by atoms with Crippen LogP contribution in [0, 0.1) is 11.3 Å². The first kappa shape index (κ1) is 8.41. The molecule has 0 spiro atoms. The maximum Gasteiger partial charge on any atom is 0.0853 e. The minimum Gasteiger partial charge on any atom is -0.253 e. The minimum atomic E-state index is 0.579. The van der Waals surface area contributed by atoms with Gasteiger partial charge >= 0.3 is 0 Å². The molecule has 0 rings (SSSR count). The van der Waals surface area contributed by atoms with Gasteiger partial charge in [-0.2, -0.15) is 10.7 Å². The second-order valence-electron chi connectivity index (χ2n) is 2.83. The first-order chi connectivity index (χ1) is 4.06. The molecule has 0 aliphatic heterocycles. The number of nitrogens with one attached hydrogen (secondary N) is 1. The Morgan fingerprint density at radius 1 is 1.44 bits per heavy atom. The van der Waals surface area contributed by atoms with Gasteiger partial charge in [-0.05, 0) is 0 Å². The van der Waals surface area contributed by atoms with Gasteiger partial charge < -0.3 is 0 Å². The van der Waals surface area contributed by atoms with Crippen LogP contribution in [-0.4, -0.2) is 32.3 Å². The summed E-state index contributed by atoms with van der Waals surface area (Å²) in [6, 6.07) is 2.07. The Labute approximate surface area is 56.4 Å². The normalized spacial score (nSPS) is 10.9. The van der Waals surface area contributed by atoms with E-state index in [0.717, 1.165) is 6.54 Å². The fourth-order valence-corrected chi connectivity index (χ4v) is 0.447. The summed E-state index contributed by atoms with van der Waals surface area (Å²) in [5.41, 5.74) is 3.14. The lowest BCUT2D eigenvalue weighted by Crippen LogP contribution is -2.48. The van der Waals surface area contributed by atoms with Crippen molar-refractivity contribution in [2.75, 3.05) is 27.7 Å². The molecule has 0 amide bonds. The van der Waals surface area contributed by atoms with Gasteiger partial charge in [-0.3, -0.25) is 4.59 Å². The average molecular weight is 128 g/mol. The Bertz CT molecular complexity index is 106. The SMILES string of the molecule is C[N+](C)(C)NCCC#N. The van der Waals surface area contributed by atoms with Gasteiger partial charge in [0.2, 0.25) is 0 Å². The van der Waals surface area contributed by atoms with Crippen LogP contribution >= 0.6 is 0 Å². The largest absolute Gasteiger partial charge is 0.253 e. The van der Waals surface area contributed by atoms with Gasteiger partial charge in [0, 0.05) is 0 Å². The van der Waals surface area contributed by atoms with E-state index in [2.05, 4.69) is 11.5 Å². The molecule has 0 atom stereocenters. The molecule has 0 aromatic carbocycles. The third-order valence-corrected chi connectivity index (χ3v) is 0.823. The molecule has 9 heavy (non-hydrogen) atoms. The van der Waals surface area contributed by atoms with Crippen LogP contribution in [0.3, 0.4) is 0 Å². The van der Waals surface area contributed by atoms with Crippen molar-refractivity contribution in [2.24, 2.45) is 0 Å². The Hall–Kier alpha value is -0.590. The highest BCUT2D eigenvalue weighted by Crippen LogP contribution is 1.81. The quantitative estimate of drug-likeness (QED) is 0.333. The molecule has 0 saturated heterocycles. The lowest BCUT2D eigenvalue weighted by Gasteiger charge is -2.22. The molecular weight excluding hydrogens is 114 g/mol. The highest BCUT2D eigenvalue weighted by Gasteiger charge is 2.02. The summed E-state index contributed by atoms with van der Waals surface area (Å²) in [5, 5.41) is 8.17. The fourth-order valence-electron chi connectivity index (χ4n) is 0.447. The Kier molecular flexibility index (Phi) is 3.21. The summed E-state index contributed by atoms with van der Waals surface area (Å²) in [4.78, 5) is 0. The standard InChI is InChI=1S/C6H14N3/c1-9(2,3)8-6-4-5-7/h8H,4,6H2,1-3H3/q+1. The summed E-state index contributed by atoms with van der Waals surface area (Å²) >= 11 is 0. The Morgan fingerprint density at radius 2 is 2.00 bits per heavy atom. The van der Waals surface area contributed by atoms with Gasteiger partial charge in [-0.1, -0.05) is 0 Å². The maximum absolute atomic E-state index is 8.17. The van der Waals surface area contributed by atoms with Gasteiger partial charge in [0.25, 0.3) is 0 Å². The van der Waals surface area contributed by atoms with Gasteiger partial charge in [0.1, 0.15) is 0 Å². The predicted molar refractivity (Wildman–Crippen MR) is 36.3 cm³/mol. The van der Waals surface area contributed by atoms with E-state index < -0.39 is 0 Å². The van der Waals surface area contributed by atoms with Crippen LogP contribution in [0.15, 0.2) is 0 Å². The summed E-state index contributed by atoms with van der Waals surface area (Å²) < 4.78 is 0.710. The molecule has 0 heterocycles. The molecule has 3 nitrogen and oxygen atoms in total. The van der Waals surface area contributed by atoms with Gasteiger partial charge in [0.15, 0.2) is 0 Å². The monoisotopic (exact) mass is 128 g/mol. The molecular formula is C6H14N3+. The summed E-state index contributed by atoms with van der Waals surface area (Å²) in [6.45, 7) is 0.764. The molecule has 0 radical (unpaired) electrons. The molecule has 0 unspecified atom stereocenters. The molecule has 3 heteroatoms. The second-order valence-corrected chi connectivity index (χ2v) is 2.83. The highest BCUT2D eigenvalue weighted by molar-refractivity contribution is 4.68. The lowest BCUT2D eigenvalue weighted by atomic mass is 10.5. The first-order valence-corrected chi connectivity index (χ1v) is 3.00. The van der Waals surface area contributed by atoms with Crippen molar-refractivity contribution < 1.29 is 4.59 Å². The summed E-state index contributed by atoms with van der Waals surface area (Å²) in [7, 11) is 6.08. The van der Waals surface area contributed by atoms with Gasteiger partial charge in [-0.25, -0.2) is 0 Å². The number of hydrogen-bond donors (Lipinski definition) is 1. The number of quaternary nitrogens is 1. The lowest BCUT2D eigenvalue weighted by molar-refractivity contribution is -0.915. The van der Waals surface area contributed by atoms with E-state index >= 15 is 0 Å². The third kappa shape index (κ3) is 7.41. The van der Waals surface area contributed by atoms with Crippen LogP contribution in [0.2, 0.25) is 0 Å². The van der Waals surface area contributed by atoms with Crippen molar-refractivity contribution >= 4 is 0 Å². The van der Waals surface area contributed by atoms with E-state index in [4.69, 9.17) is 5.26 Å². The van der Waals surface area contributed by atoms with Crippen molar-refractivity contribution in [3.8, 4) is 6.07 Å². The highest BCUT2D eigenvalue weighted by atomic mass is 15.6. The topological polar surface area (TPSA) is 35.8 Å². The number of rotatable bonds is 3. The number of nitrogens with zero attached hydrogens (tertiary/aromatic N) is 2. The smallest absolute Gasteiger partial charge is 0.0853 e. The third-order valence-electron chi connectivity index (χ3n) is 0.823. The fraction of sp³-hybridized carbons (Fsp3) is 0.833. The summed E-state index contributed by atoms with van der Waals surface area (Å²) in [6.07, 6.45) is 0.579. The van der Waals surface area contributed by atoms with E-state index in [1.165, 1.54) is 0 Å². The van der Waals surface area contributed by atoms with Crippen molar-refractivity contribution in [1.82, 2.24) is 5.43 Å². The molecule has 0 bridgehead atoms. The molecule has 0 fully saturated rings. The van der Waals surface area contributed by atoms with Crippen LogP contribution in [0.5, 0.6) is 0 Å². The average Bonchev–Trinajstić information content (AvgIpc) is 1.63. The molecule has 0 aromatic heterocycles. The van der Waals surface area contributed by atoms with Gasteiger partial charge in [-0.15, -0.1) is 0 Å². The number of hydrogen-bond acceptors (Lipinski definition) is 2. The molecule has 0 aliphatic carbocycles. The van der Waals surface area contributed by atoms with E-state index in [-0.39, 0.29) is 0 Å². The van der Waals surface area contributed by atoms with Crippen molar-refractivity contribution in [2.45, 2.75) is 6.42 Å². The van der Waals surface area contributed by atoms with Crippen LogP contribution in [0.1, 0.15) is 6.42 Å². The molecule has 1 N–H and O–H groups in total. The van der Waals surface area contributed by atoms with Crippen molar-refractivity contribution in [1.29, 1.82) is 5.26 Å². The van der Waals surface area contributed by atoms with Crippen LogP contribution in [0.25, 0.3) is 0 Å². The molecule has 0 aliphatic rings. The zero-order chi connectivity index (χ0) is 7.33. The molecule has 0 aromatic rings. The number of nitriles is 1. The van der Waals surface area contributed by atoms with E-state index in [0.29, 0.717) is 11.0 Å². The van der Waals surface area contributed by atoms with E-state index in [1.807, 2.05) is 21.1 Å². The zero-order valence-electron chi connectivity index (χ0n) is 6.31. The second kappa shape index (κ2) is 3.44. The van der Waals surface area contributed by atoms with Crippen LogP contribution in [-0.2, 0) is 0 Å². The van der Waals surface area contributed by atoms with Crippen molar-refractivity contribution in [3.05, 3.63) is 0 Å².